The van der Waals surface area contributed by atoms with Crippen LogP contribution in [0.5, 0.6) is 0 Å². The highest BCUT2D eigenvalue weighted by atomic mass is 28.4. The second kappa shape index (κ2) is 6.20. The van der Waals surface area contributed by atoms with Gasteiger partial charge in [0, 0.05) is 12.6 Å². The third kappa shape index (κ3) is 4.94. The van der Waals surface area contributed by atoms with Crippen LogP contribution in [-0.4, -0.2) is 25.8 Å². The van der Waals surface area contributed by atoms with Gasteiger partial charge < -0.3 is 9.63 Å². The quantitative estimate of drug-likeness (QED) is 0.253. The zero-order valence-electron chi connectivity index (χ0n) is 11.2. The summed E-state index contributed by atoms with van der Waals surface area (Å²) in [5.74, 6) is 0. The van der Waals surface area contributed by atoms with E-state index in [1.807, 2.05) is 6.08 Å². The van der Waals surface area contributed by atoms with E-state index < -0.39 is 8.32 Å². The predicted octanol–water partition coefficient (Wildman–Crippen LogP) is 3.80. The van der Waals surface area contributed by atoms with Gasteiger partial charge in [-0.1, -0.05) is 26.8 Å². The molecule has 0 rings (SSSR count). The number of nitrogens with zero attached hydrogens (tertiary/aromatic N) is 1. The molecule has 0 spiro atoms. The van der Waals surface area contributed by atoms with Gasteiger partial charge in [-0.25, -0.2) is 0 Å². The first-order valence-electron chi connectivity index (χ1n) is 5.69. The highest BCUT2D eigenvalue weighted by Crippen LogP contribution is 2.37. The number of rotatable bonds is 6. The van der Waals surface area contributed by atoms with Crippen LogP contribution < -0.4 is 0 Å². The Kier molecular flexibility index (Phi) is 5.97. The summed E-state index contributed by atoms with van der Waals surface area (Å²) in [7, 11) is -1.75. The van der Waals surface area contributed by atoms with Crippen LogP contribution in [0.15, 0.2) is 17.8 Å². The minimum absolute atomic E-state index is 0.0780. The maximum Gasteiger partial charge on any atom is 0.192 e. The van der Waals surface area contributed by atoms with Gasteiger partial charge in [-0.05, 0) is 24.6 Å². The molecule has 4 heteroatoms. The standard InChI is InChI=1S/C12H25NO2Si/c1-7-8-11(9-10-13-14)15-16(5,6)12(2,3)4/h7,10-11,14H,1,8-9H2,2-6H3. The summed E-state index contributed by atoms with van der Waals surface area (Å²) in [5.41, 5.74) is 0. The number of hydrogen-bond donors (Lipinski definition) is 1. The van der Waals surface area contributed by atoms with E-state index in [4.69, 9.17) is 9.63 Å². The van der Waals surface area contributed by atoms with Gasteiger partial charge in [0.2, 0.25) is 0 Å². The van der Waals surface area contributed by atoms with Gasteiger partial charge in [-0.15, -0.1) is 11.7 Å². The van der Waals surface area contributed by atoms with E-state index in [-0.39, 0.29) is 11.1 Å². The SMILES string of the molecule is C=CCC(CC=NO)O[Si](C)(C)C(C)(C)C. The van der Waals surface area contributed by atoms with Crippen LogP contribution in [0, 0.1) is 0 Å². The minimum atomic E-state index is -1.75. The molecule has 0 heterocycles. The van der Waals surface area contributed by atoms with Gasteiger partial charge in [0.15, 0.2) is 8.32 Å². The monoisotopic (exact) mass is 243 g/mol. The van der Waals surface area contributed by atoms with Crippen LogP contribution in [0.2, 0.25) is 18.1 Å². The summed E-state index contributed by atoms with van der Waals surface area (Å²) in [6.45, 7) is 14.8. The van der Waals surface area contributed by atoms with Crippen molar-refractivity contribution in [3.8, 4) is 0 Å². The van der Waals surface area contributed by atoms with Crippen molar-refractivity contribution in [1.82, 2.24) is 0 Å². The second-order valence-corrected chi connectivity index (χ2v) is 10.3. The molecule has 0 fully saturated rings. The van der Waals surface area contributed by atoms with Crippen LogP contribution in [0.4, 0.5) is 0 Å². The van der Waals surface area contributed by atoms with Crippen LogP contribution in [-0.2, 0) is 4.43 Å². The number of oxime groups is 1. The fourth-order valence-corrected chi connectivity index (χ4v) is 2.52. The van der Waals surface area contributed by atoms with Gasteiger partial charge in [-0.2, -0.15) is 0 Å². The predicted molar refractivity (Wildman–Crippen MR) is 71.8 cm³/mol. The molecular formula is C12H25NO2Si. The molecule has 0 radical (unpaired) electrons. The van der Waals surface area contributed by atoms with E-state index in [2.05, 4.69) is 45.6 Å². The molecule has 1 atom stereocenters. The zero-order chi connectivity index (χ0) is 12.8. The maximum atomic E-state index is 8.44. The summed E-state index contributed by atoms with van der Waals surface area (Å²) < 4.78 is 6.21. The highest BCUT2D eigenvalue weighted by molar-refractivity contribution is 6.74. The van der Waals surface area contributed by atoms with Crippen molar-refractivity contribution in [2.24, 2.45) is 5.16 Å². The molecule has 0 saturated carbocycles. The first-order valence-corrected chi connectivity index (χ1v) is 8.60. The van der Waals surface area contributed by atoms with E-state index in [9.17, 15) is 0 Å². The van der Waals surface area contributed by atoms with Crippen molar-refractivity contribution >= 4 is 14.5 Å². The third-order valence-electron chi connectivity index (χ3n) is 3.15. The van der Waals surface area contributed by atoms with Crippen LogP contribution in [0.1, 0.15) is 33.6 Å². The Bertz CT molecular complexity index is 244. The summed E-state index contributed by atoms with van der Waals surface area (Å²) in [5, 5.41) is 11.7. The third-order valence-corrected chi connectivity index (χ3v) is 7.68. The fourth-order valence-electron chi connectivity index (χ4n) is 1.14. The molecule has 1 unspecified atom stereocenters. The molecule has 3 nitrogen and oxygen atoms in total. The van der Waals surface area contributed by atoms with E-state index in [1.54, 1.807) is 0 Å². The van der Waals surface area contributed by atoms with Crippen LogP contribution in [0.3, 0.4) is 0 Å². The van der Waals surface area contributed by atoms with E-state index in [1.165, 1.54) is 6.21 Å². The Hall–Kier alpha value is -0.613. The highest BCUT2D eigenvalue weighted by Gasteiger charge is 2.38. The fraction of sp³-hybridized carbons (Fsp3) is 0.750. The minimum Gasteiger partial charge on any atom is -0.413 e. The van der Waals surface area contributed by atoms with E-state index in [0.717, 1.165) is 6.42 Å². The molecule has 0 aromatic carbocycles. The molecule has 0 aromatic rings. The Morgan fingerprint density at radius 1 is 1.38 bits per heavy atom. The Morgan fingerprint density at radius 2 is 1.94 bits per heavy atom. The van der Waals surface area contributed by atoms with E-state index in [0.29, 0.717) is 6.42 Å². The molecule has 0 aromatic heterocycles. The summed E-state index contributed by atoms with van der Waals surface area (Å²) in [6, 6.07) is 0. The lowest BCUT2D eigenvalue weighted by atomic mass is 10.2. The lowest BCUT2D eigenvalue weighted by Gasteiger charge is -2.39. The van der Waals surface area contributed by atoms with Crippen LogP contribution in [0.25, 0.3) is 0 Å². The second-order valence-electron chi connectivity index (χ2n) is 5.56. The maximum absolute atomic E-state index is 8.44. The lowest BCUT2D eigenvalue weighted by molar-refractivity contribution is 0.190. The molecule has 16 heavy (non-hydrogen) atoms. The molecule has 0 aliphatic carbocycles. The van der Waals surface area contributed by atoms with Crippen molar-refractivity contribution in [3.05, 3.63) is 12.7 Å². The number of hydrogen-bond acceptors (Lipinski definition) is 3. The Labute approximate surface area is 100 Å². The topological polar surface area (TPSA) is 41.8 Å². The molecule has 0 amide bonds. The van der Waals surface area contributed by atoms with Gasteiger partial charge in [0.05, 0.1) is 6.10 Å². The largest absolute Gasteiger partial charge is 0.413 e. The average molecular weight is 243 g/mol. The molecule has 0 aliphatic rings. The zero-order valence-corrected chi connectivity index (χ0v) is 12.2. The summed E-state index contributed by atoms with van der Waals surface area (Å²) >= 11 is 0. The van der Waals surface area contributed by atoms with Gasteiger partial charge in [0.1, 0.15) is 0 Å². The van der Waals surface area contributed by atoms with Gasteiger partial charge in [-0.3, -0.25) is 0 Å². The average Bonchev–Trinajstić information content (AvgIpc) is 2.12. The summed E-state index contributed by atoms with van der Waals surface area (Å²) in [4.78, 5) is 0. The van der Waals surface area contributed by atoms with Crippen molar-refractivity contribution in [1.29, 1.82) is 0 Å². The summed E-state index contributed by atoms with van der Waals surface area (Å²) in [6.07, 6.45) is 4.84. The molecule has 1 N–H and O–H groups in total. The van der Waals surface area contributed by atoms with Gasteiger partial charge in [0.25, 0.3) is 0 Å². The normalized spacial score (nSPS) is 15.3. The van der Waals surface area contributed by atoms with Crippen molar-refractivity contribution in [2.75, 3.05) is 0 Å². The molecular weight excluding hydrogens is 218 g/mol. The van der Waals surface area contributed by atoms with Gasteiger partial charge >= 0.3 is 0 Å². The Balaban J connectivity index is 4.54. The first kappa shape index (κ1) is 15.4. The van der Waals surface area contributed by atoms with Crippen molar-refractivity contribution < 1.29 is 9.63 Å². The lowest BCUT2D eigenvalue weighted by Crippen LogP contribution is -2.43. The van der Waals surface area contributed by atoms with Crippen molar-refractivity contribution in [2.45, 2.75) is 57.8 Å². The first-order chi connectivity index (χ1) is 7.24. The molecule has 0 saturated heterocycles. The molecule has 0 aliphatic heterocycles. The van der Waals surface area contributed by atoms with Crippen molar-refractivity contribution in [3.63, 3.8) is 0 Å². The molecule has 0 bridgehead atoms. The smallest absolute Gasteiger partial charge is 0.192 e. The Morgan fingerprint density at radius 3 is 2.31 bits per heavy atom. The van der Waals surface area contributed by atoms with Crippen LogP contribution >= 0.6 is 0 Å². The van der Waals surface area contributed by atoms with E-state index >= 15 is 0 Å². The molecule has 94 valence electrons.